The number of benzene rings is 1. The first kappa shape index (κ1) is 20.0. The van der Waals surface area contributed by atoms with Crippen molar-refractivity contribution >= 4 is 32.7 Å². The monoisotopic (exact) mass is 504 g/mol. The van der Waals surface area contributed by atoms with Crippen LogP contribution in [0.2, 0.25) is 0 Å². The molecule has 0 aliphatic carbocycles. The number of aromatic nitrogens is 3. The molecule has 1 fully saturated rings. The van der Waals surface area contributed by atoms with E-state index < -0.39 is 21.4 Å². The zero-order chi connectivity index (χ0) is 19.4. The molecular formula is C16H17IN4O5S. The lowest BCUT2D eigenvalue weighted by Gasteiger charge is -2.25. The molecule has 9 nitrogen and oxygen atoms in total. The Bertz CT molecular complexity index is 941. The van der Waals surface area contributed by atoms with Gasteiger partial charge in [0.15, 0.2) is 5.69 Å². The van der Waals surface area contributed by atoms with Crippen molar-refractivity contribution in [3.05, 3.63) is 35.5 Å². The van der Waals surface area contributed by atoms with E-state index in [1.54, 1.807) is 24.3 Å². The molecule has 11 heteroatoms. The van der Waals surface area contributed by atoms with Crippen molar-refractivity contribution in [3.63, 3.8) is 0 Å². The predicted octanol–water partition coefficient (Wildman–Crippen LogP) is 1.12. The Morgan fingerprint density at radius 3 is 2.52 bits per heavy atom. The molecule has 3 rings (SSSR count). The summed E-state index contributed by atoms with van der Waals surface area (Å²) in [5.41, 5.74) is 0.391. The molecule has 0 bridgehead atoms. The molecule has 2 aromatic rings. The zero-order valence-corrected chi connectivity index (χ0v) is 17.0. The molecule has 0 spiro atoms. The Morgan fingerprint density at radius 2 is 1.89 bits per heavy atom. The first-order valence-corrected chi connectivity index (χ1v) is 10.6. The number of hydrogen-bond donors (Lipinski definition) is 3. The SMILES string of the molecule is O=S(=O)(C#Cc1ccc(Oc2n[nH]nc2C(O)O)cc1)C1CCN(I)CC1. The number of ether oxygens (including phenoxy) is 1. The summed E-state index contributed by atoms with van der Waals surface area (Å²) in [5.74, 6) is 2.99. The third-order valence-corrected chi connectivity index (χ3v) is 6.72. The van der Waals surface area contributed by atoms with E-state index in [-0.39, 0.29) is 11.6 Å². The lowest BCUT2D eigenvalue weighted by molar-refractivity contribution is -0.0470. The van der Waals surface area contributed by atoms with E-state index in [1.807, 2.05) is 0 Å². The highest BCUT2D eigenvalue weighted by atomic mass is 127. The van der Waals surface area contributed by atoms with E-state index in [2.05, 4.69) is 52.6 Å². The van der Waals surface area contributed by atoms with Crippen LogP contribution < -0.4 is 4.74 Å². The summed E-state index contributed by atoms with van der Waals surface area (Å²) < 4.78 is 32.2. The number of rotatable bonds is 4. The molecule has 144 valence electrons. The normalized spacial score (nSPS) is 16.1. The van der Waals surface area contributed by atoms with Crippen molar-refractivity contribution in [3.8, 4) is 22.8 Å². The average Bonchev–Trinajstić information content (AvgIpc) is 3.10. The van der Waals surface area contributed by atoms with E-state index >= 15 is 0 Å². The molecule has 1 aliphatic heterocycles. The molecule has 0 unspecified atom stereocenters. The molecule has 27 heavy (non-hydrogen) atoms. The molecule has 0 atom stereocenters. The molecular weight excluding hydrogens is 487 g/mol. The van der Waals surface area contributed by atoms with Crippen LogP contribution in [0, 0.1) is 11.2 Å². The molecule has 0 radical (unpaired) electrons. The Kier molecular flexibility index (Phi) is 6.33. The van der Waals surface area contributed by atoms with Crippen LogP contribution in [0.15, 0.2) is 24.3 Å². The Hall–Kier alpha value is -1.72. The highest BCUT2D eigenvalue weighted by molar-refractivity contribution is 14.1. The van der Waals surface area contributed by atoms with Gasteiger partial charge in [-0.25, -0.2) is 11.5 Å². The maximum atomic E-state index is 12.4. The highest BCUT2D eigenvalue weighted by Gasteiger charge is 2.27. The van der Waals surface area contributed by atoms with Gasteiger partial charge < -0.3 is 14.9 Å². The fourth-order valence-corrected chi connectivity index (χ4v) is 4.35. The van der Waals surface area contributed by atoms with E-state index in [1.165, 1.54) is 0 Å². The maximum absolute atomic E-state index is 12.4. The topological polar surface area (TPSA) is 129 Å². The second-order valence-electron chi connectivity index (χ2n) is 5.90. The maximum Gasteiger partial charge on any atom is 0.267 e. The summed E-state index contributed by atoms with van der Waals surface area (Å²) in [4.78, 5) is 0. The van der Waals surface area contributed by atoms with Gasteiger partial charge >= 0.3 is 0 Å². The van der Waals surface area contributed by atoms with Gasteiger partial charge in [0.1, 0.15) is 5.75 Å². The highest BCUT2D eigenvalue weighted by Crippen LogP contribution is 2.25. The van der Waals surface area contributed by atoms with E-state index in [4.69, 9.17) is 14.9 Å². The van der Waals surface area contributed by atoms with Gasteiger partial charge in [0.05, 0.1) is 5.25 Å². The van der Waals surface area contributed by atoms with Gasteiger partial charge in [0.25, 0.3) is 5.88 Å². The Balaban J connectivity index is 1.68. The molecule has 1 saturated heterocycles. The van der Waals surface area contributed by atoms with Crippen LogP contribution in [0.5, 0.6) is 11.6 Å². The molecule has 0 saturated carbocycles. The minimum atomic E-state index is -3.47. The minimum absolute atomic E-state index is 0.0620. The fourth-order valence-electron chi connectivity index (χ4n) is 2.54. The molecule has 0 amide bonds. The van der Waals surface area contributed by atoms with Crippen LogP contribution in [0.1, 0.15) is 30.4 Å². The summed E-state index contributed by atoms with van der Waals surface area (Å²) in [5, 5.41) is 29.8. The van der Waals surface area contributed by atoms with Gasteiger partial charge in [-0.3, -0.25) is 0 Å². The lowest BCUT2D eigenvalue weighted by atomic mass is 10.2. The van der Waals surface area contributed by atoms with Crippen molar-refractivity contribution in [1.82, 2.24) is 18.5 Å². The second-order valence-corrected chi connectivity index (χ2v) is 9.22. The van der Waals surface area contributed by atoms with Gasteiger partial charge in [0.2, 0.25) is 16.1 Å². The van der Waals surface area contributed by atoms with Gasteiger partial charge in [0, 0.05) is 46.8 Å². The van der Waals surface area contributed by atoms with Crippen LogP contribution in [0.3, 0.4) is 0 Å². The van der Waals surface area contributed by atoms with Gasteiger partial charge in [-0.1, -0.05) is 5.92 Å². The van der Waals surface area contributed by atoms with Crippen molar-refractivity contribution in [2.24, 2.45) is 0 Å². The number of hydrogen-bond acceptors (Lipinski definition) is 8. The largest absolute Gasteiger partial charge is 0.436 e. The summed E-state index contributed by atoms with van der Waals surface area (Å²) in [6.07, 6.45) is -0.638. The third-order valence-electron chi connectivity index (χ3n) is 4.02. The lowest BCUT2D eigenvalue weighted by Crippen LogP contribution is -2.33. The van der Waals surface area contributed by atoms with Crippen molar-refractivity contribution < 1.29 is 23.4 Å². The molecule has 3 N–H and O–H groups in total. The first-order chi connectivity index (χ1) is 12.8. The van der Waals surface area contributed by atoms with Crippen LogP contribution >= 0.6 is 22.9 Å². The number of nitrogens with one attached hydrogen (secondary N) is 1. The quantitative estimate of drug-likeness (QED) is 0.245. The Morgan fingerprint density at radius 1 is 1.22 bits per heavy atom. The number of sulfone groups is 1. The van der Waals surface area contributed by atoms with E-state index in [0.717, 1.165) is 13.1 Å². The van der Waals surface area contributed by atoms with Crippen molar-refractivity contribution in [2.75, 3.05) is 13.1 Å². The number of aliphatic hydroxyl groups is 2. The zero-order valence-electron chi connectivity index (χ0n) is 14.0. The van der Waals surface area contributed by atoms with Gasteiger partial charge in [-0.15, -0.1) is 5.10 Å². The standard InChI is InChI=1S/C16H17IN4O5S/c17-21-8-5-13(6-9-21)27(24,25)10-7-11-1-3-12(4-2-11)26-15-14(16(22)23)18-20-19-15/h1-4,13,16,22-23H,5-6,8-9H2,(H,18,19,20). The fraction of sp³-hybridized carbons (Fsp3) is 0.375. The molecule has 1 aromatic carbocycles. The van der Waals surface area contributed by atoms with Crippen LogP contribution in [-0.4, -0.2) is 55.5 Å². The number of H-pyrrole nitrogens is 1. The summed E-state index contributed by atoms with van der Waals surface area (Å²) in [6, 6.07) is 6.38. The number of aliphatic hydroxyl groups excluding tert-OH is 1. The summed E-state index contributed by atoms with van der Waals surface area (Å²) in [6.45, 7) is 1.48. The Labute approximate surface area is 170 Å². The molecule has 1 aromatic heterocycles. The summed E-state index contributed by atoms with van der Waals surface area (Å²) in [7, 11) is -3.47. The molecule has 2 heterocycles. The average molecular weight is 504 g/mol. The molecule has 1 aliphatic rings. The minimum Gasteiger partial charge on any atom is -0.436 e. The van der Waals surface area contributed by atoms with Crippen LogP contribution in [-0.2, 0) is 9.84 Å². The number of piperidine rings is 1. The first-order valence-electron chi connectivity index (χ1n) is 8.07. The van der Waals surface area contributed by atoms with E-state index in [0.29, 0.717) is 24.2 Å². The predicted molar refractivity (Wildman–Crippen MR) is 104 cm³/mol. The summed E-state index contributed by atoms with van der Waals surface area (Å²) >= 11 is 2.19. The van der Waals surface area contributed by atoms with Gasteiger partial charge in [-0.05, 0) is 37.1 Å². The van der Waals surface area contributed by atoms with E-state index in [9.17, 15) is 8.42 Å². The smallest absolute Gasteiger partial charge is 0.267 e. The van der Waals surface area contributed by atoms with Crippen LogP contribution in [0.4, 0.5) is 0 Å². The number of halogens is 1. The third kappa shape index (κ3) is 5.17. The van der Waals surface area contributed by atoms with Crippen LogP contribution in [0.25, 0.3) is 0 Å². The van der Waals surface area contributed by atoms with Gasteiger partial charge in [-0.2, -0.15) is 10.3 Å². The second kappa shape index (κ2) is 8.53. The van der Waals surface area contributed by atoms with Crippen molar-refractivity contribution in [2.45, 2.75) is 24.4 Å². The number of aromatic amines is 1. The number of nitrogens with zero attached hydrogens (tertiary/aromatic N) is 3. The van der Waals surface area contributed by atoms with Crippen molar-refractivity contribution in [1.29, 1.82) is 0 Å².